The maximum atomic E-state index is 12.5. The Hall–Kier alpha value is -3.33. The summed E-state index contributed by atoms with van der Waals surface area (Å²) in [6, 6.07) is 13.7. The van der Waals surface area contributed by atoms with Gasteiger partial charge in [0.05, 0.1) is 6.07 Å². The van der Waals surface area contributed by atoms with Crippen molar-refractivity contribution in [3.05, 3.63) is 47.7 Å². The number of esters is 1. The van der Waals surface area contributed by atoms with Gasteiger partial charge in [0, 0.05) is 16.3 Å². The van der Waals surface area contributed by atoms with Crippen molar-refractivity contribution in [1.82, 2.24) is 5.32 Å². The summed E-state index contributed by atoms with van der Waals surface area (Å²) in [5, 5.41) is 14.6. The molecule has 6 nitrogen and oxygen atoms in total. The standard InChI is InChI=1S/C22H22N2O4/c1-13(2)22(4,12-23)24-18(25)11-27-21(26)19-14(3)16-10-9-15-7-5-6-8-17(15)20(16)28-19/h5-10,13H,11H2,1-4H3,(H,24,25)/t22-/m1/s1. The fourth-order valence-corrected chi connectivity index (χ4v) is 2.97. The van der Waals surface area contributed by atoms with Gasteiger partial charge in [0.15, 0.2) is 6.61 Å². The van der Waals surface area contributed by atoms with Crippen molar-refractivity contribution in [2.24, 2.45) is 5.92 Å². The van der Waals surface area contributed by atoms with Gasteiger partial charge < -0.3 is 14.5 Å². The second kappa shape index (κ2) is 7.35. The van der Waals surface area contributed by atoms with Gasteiger partial charge in [0.2, 0.25) is 5.76 Å². The first-order valence-corrected chi connectivity index (χ1v) is 9.07. The lowest BCUT2D eigenvalue weighted by Gasteiger charge is -2.27. The first-order valence-electron chi connectivity index (χ1n) is 9.07. The lowest BCUT2D eigenvalue weighted by Crippen LogP contribution is -2.50. The molecule has 1 N–H and O–H groups in total. The SMILES string of the molecule is Cc1c(C(=O)OCC(=O)N[C@](C)(C#N)C(C)C)oc2c1ccc1ccccc12. The number of carbonyl (C=O) groups is 2. The maximum absolute atomic E-state index is 12.5. The van der Waals surface area contributed by atoms with Gasteiger partial charge in [-0.05, 0) is 25.2 Å². The first kappa shape index (κ1) is 19.4. The van der Waals surface area contributed by atoms with E-state index in [2.05, 4.69) is 11.4 Å². The first-order chi connectivity index (χ1) is 13.3. The number of rotatable bonds is 5. The van der Waals surface area contributed by atoms with E-state index in [0.29, 0.717) is 11.1 Å². The molecule has 0 aliphatic rings. The minimum atomic E-state index is -1.03. The Labute approximate surface area is 163 Å². The monoisotopic (exact) mass is 378 g/mol. The topological polar surface area (TPSA) is 92.3 Å². The van der Waals surface area contributed by atoms with Gasteiger partial charge in [-0.2, -0.15) is 5.26 Å². The Balaban J connectivity index is 1.79. The zero-order valence-corrected chi connectivity index (χ0v) is 16.3. The van der Waals surface area contributed by atoms with E-state index < -0.39 is 24.0 Å². The Bertz CT molecular complexity index is 1110. The average molecular weight is 378 g/mol. The third-order valence-electron chi connectivity index (χ3n) is 5.13. The Morgan fingerprint density at radius 1 is 1.21 bits per heavy atom. The molecule has 0 bridgehead atoms. The fraction of sp³-hybridized carbons (Fsp3) is 0.318. The molecule has 28 heavy (non-hydrogen) atoms. The molecule has 2 aromatic carbocycles. The zero-order chi connectivity index (χ0) is 20.5. The largest absolute Gasteiger partial charge is 0.450 e. The molecule has 1 aromatic heterocycles. The molecule has 1 amide bonds. The van der Waals surface area contributed by atoms with Gasteiger partial charge in [0.25, 0.3) is 5.91 Å². The molecular weight excluding hydrogens is 356 g/mol. The molecule has 0 radical (unpaired) electrons. The molecule has 3 rings (SSSR count). The van der Waals surface area contributed by atoms with Crippen LogP contribution in [0.1, 0.15) is 36.9 Å². The molecule has 6 heteroatoms. The van der Waals surface area contributed by atoms with E-state index in [1.54, 1.807) is 13.8 Å². The van der Waals surface area contributed by atoms with Crippen molar-refractivity contribution in [2.45, 2.75) is 33.2 Å². The van der Waals surface area contributed by atoms with E-state index in [0.717, 1.165) is 16.2 Å². The number of nitrogens with zero attached hydrogens (tertiary/aromatic N) is 1. The van der Waals surface area contributed by atoms with E-state index in [9.17, 15) is 14.9 Å². The summed E-state index contributed by atoms with van der Waals surface area (Å²) in [6.45, 7) is 6.59. The second-order valence-electron chi connectivity index (χ2n) is 7.31. The van der Waals surface area contributed by atoms with Crippen LogP contribution < -0.4 is 5.32 Å². The summed E-state index contributed by atoms with van der Waals surface area (Å²) in [7, 11) is 0. The highest BCUT2D eigenvalue weighted by molar-refractivity contribution is 6.08. The predicted octanol–water partition coefficient (Wildman–Crippen LogP) is 4.11. The highest BCUT2D eigenvalue weighted by Crippen LogP contribution is 2.32. The number of fused-ring (bicyclic) bond motifs is 3. The molecule has 3 aromatic rings. The summed E-state index contributed by atoms with van der Waals surface area (Å²) in [6.07, 6.45) is 0. The smallest absolute Gasteiger partial charge is 0.375 e. The molecule has 0 spiro atoms. The average Bonchev–Trinajstić information content (AvgIpc) is 3.03. The molecule has 0 aliphatic carbocycles. The molecular formula is C22H22N2O4. The van der Waals surface area contributed by atoms with Gasteiger partial charge in [-0.25, -0.2) is 4.79 Å². The van der Waals surface area contributed by atoms with Crippen LogP contribution in [0.4, 0.5) is 0 Å². The predicted molar refractivity (Wildman–Crippen MR) is 106 cm³/mol. The second-order valence-corrected chi connectivity index (χ2v) is 7.31. The third-order valence-corrected chi connectivity index (χ3v) is 5.13. The highest BCUT2D eigenvalue weighted by atomic mass is 16.5. The van der Waals surface area contributed by atoms with Crippen molar-refractivity contribution in [3.8, 4) is 6.07 Å². The Morgan fingerprint density at radius 2 is 1.93 bits per heavy atom. The quantitative estimate of drug-likeness (QED) is 0.675. The van der Waals surface area contributed by atoms with E-state index in [1.807, 2.05) is 50.2 Å². The lowest BCUT2D eigenvalue weighted by atomic mass is 9.90. The summed E-state index contributed by atoms with van der Waals surface area (Å²) >= 11 is 0. The molecule has 0 aliphatic heterocycles. The number of nitrogens with one attached hydrogen (secondary N) is 1. The van der Waals surface area contributed by atoms with Crippen LogP contribution in [0.2, 0.25) is 0 Å². The Kier molecular flexibility index (Phi) is 5.10. The van der Waals surface area contributed by atoms with E-state index in [1.165, 1.54) is 0 Å². The molecule has 144 valence electrons. The highest BCUT2D eigenvalue weighted by Gasteiger charge is 2.30. The molecule has 0 unspecified atom stereocenters. The number of furan rings is 1. The van der Waals surface area contributed by atoms with Crippen molar-refractivity contribution >= 4 is 33.6 Å². The number of carbonyl (C=O) groups excluding carboxylic acids is 2. The number of nitriles is 1. The molecule has 1 atom stereocenters. The molecule has 0 saturated heterocycles. The summed E-state index contributed by atoms with van der Waals surface area (Å²) < 4.78 is 10.9. The minimum Gasteiger partial charge on any atom is -0.450 e. The molecule has 0 saturated carbocycles. The van der Waals surface area contributed by atoms with Crippen LogP contribution in [-0.4, -0.2) is 24.0 Å². The van der Waals surface area contributed by atoms with Crippen molar-refractivity contribution in [2.75, 3.05) is 6.61 Å². The Morgan fingerprint density at radius 3 is 2.61 bits per heavy atom. The number of amides is 1. The van der Waals surface area contributed by atoms with Crippen LogP contribution >= 0.6 is 0 Å². The summed E-state index contributed by atoms with van der Waals surface area (Å²) in [5.41, 5.74) is 0.247. The number of ether oxygens (including phenoxy) is 1. The van der Waals surface area contributed by atoms with Crippen LogP contribution in [0.25, 0.3) is 21.7 Å². The zero-order valence-electron chi connectivity index (χ0n) is 16.3. The third kappa shape index (κ3) is 3.44. The van der Waals surface area contributed by atoms with Gasteiger partial charge in [-0.3, -0.25) is 4.79 Å². The number of hydrogen-bond acceptors (Lipinski definition) is 5. The number of hydrogen-bond donors (Lipinski definition) is 1. The maximum Gasteiger partial charge on any atom is 0.375 e. The van der Waals surface area contributed by atoms with Crippen LogP contribution in [0, 0.1) is 24.2 Å². The van der Waals surface area contributed by atoms with Crippen LogP contribution in [-0.2, 0) is 9.53 Å². The van der Waals surface area contributed by atoms with Crippen LogP contribution in [0.5, 0.6) is 0 Å². The van der Waals surface area contributed by atoms with Gasteiger partial charge in [-0.15, -0.1) is 0 Å². The van der Waals surface area contributed by atoms with Crippen molar-refractivity contribution in [1.29, 1.82) is 5.26 Å². The van der Waals surface area contributed by atoms with E-state index in [-0.39, 0.29) is 11.7 Å². The number of aryl methyl sites for hydroxylation is 1. The van der Waals surface area contributed by atoms with Gasteiger partial charge in [0.1, 0.15) is 11.1 Å². The van der Waals surface area contributed by atoms with Crippen molar-refractivity contribution in [3.63, 3.8) is 0 Å². The van der Waals surface area contributed by atoms with E-state index >= 15 is 0 Å². The minimum absolute atomic E-state index is 0.0751. The van der Waals surface area contributed by atoms with E-state index in [4.69, 9.17) is 9.15 Å². The normalized spacial score (nSPS) is 13.3. The van der Waals surface area contributed by atoms with Crippen molar-refractivity contribution < 1.29 is 18.7 Å². The van der Waals surface area contributed by atoms with Crippen LogP contribution in [0.15, 0.2) is 40.8 Å². The van der Waals surface area contributed by atoms with Gasteiger partial charge in [-0.1, -0.05) is 50.2 Å². The van der Waals surface area contributed by atoms with Crippen LogP contribution in [0.3, 0.4) is 0 Å². The molecule has 0 fully saturated rings. The summed E-state index contributed by atoms with van der Waals surface area (Å²) in [5.74, 6) is -1.27. The summed E-state index contributed by atoms with van der Waals surface area (Å²) in [4.78, 5) is 24.6. The van der Waals surface area contributed by atoms with Gasteiger partial charge >= 0.3 is 5.97 Å². The fourth-order valence-electron chi connectivity index (χ4n) is 2.97. The lowest BCUT2D eigenvalue weighted by molar-refractivity contribution is -0.125. The number of benzene rings is 2. The molecule has 1 heterocycles.